The van der Waals surface area contributed by atoms with Gasteiger partial charge in [-0.25, -0.2) is 4.79 Å². The Balaban J connectivity index is 0.00000126. The zero-order valence-electron chi connectivity index (χ0n) is 17.4. The lowest BCUT2D eigenvalue weighted by Gasteiger charge is -2.32. The molecular formula is C19H33N3O5. The summed E-state index contributed by atoms with van der Waals surface area (Å²) >= 11 is 0. The topological polar surface area (TPSA) is 97.8 Å². The van der Waals surface area contributed by atoms with Crippen LogP contribution in [0.2, 0.25) is 0 Å². The molecule has 154 valence electrons. The van der Waals surface area contributed by atoms with Crippen molar-refractivity contribution < 1.29 is 18.9 Å². The predicted octanol–water partition coefficient (Wildman–Crippen LogP) is 2.05. The lowest BCUT2D eigenvalue weighted by molar-refractivity contribution is -0.200. The molecule has 0 unspecified atom stereocenters. The largest absolute Gasteiger partial charge is 0.383 e. The first-order valence-corrected chi connectivity index (χ1v) is 9.65. The van der Waals surface area contributed by atoms with Gasteiger partial charge < -0.3 is 24.7 Å². The summed E-state index contributed by atoms with van der Waals surface area (Å²) in [5.74, 6) is 0.221. The Morgan fingerprint density at radius 2 is 2.00 bits per heavy atom. The molecule has 2 bridgehead atoms. The fraction of sp³-hybridized carbons (Fsp3) is 0.789. The highest BCUT2D eigenvalue weighted by Crippen LogP contribution is 2.47. The van der Waals surface area contributed by atoms with Gasteiger partial charge in [0.05, 0.1) is 25.4 Å². The quantitative estimate of drug-likeness (QED) is 0.803. The second-order valence-electron chi connectivity index (χ2n) is 7.31. The standard InChI is InChI=1S/C17H27N3O5.C2H6/c1-9(2)22-7-17-8-23-12(13(17)24-10(3)4)15(25-17)20-6-11(5)14(18)19-16(20)21;1-2/h6,9-10,12-13,15H,7-8H2,1-5H3,(H2,18,19,21);1-2H3/t12-,13+,15-,17+;/m1./s1. The molecule has 0 radical (unpaired) electrons. The summed E-state index contributed by atoms with van der Waals surface area (Å²) < 4.78 is 25.6. The molecule has 2 aliphatic heterocycles. The Morgan fingerprint density at radius 1 is 1.33 bits per heavy atom. The number of fused-ring (bicyclic) bond motifs is 2. The van der Waals surface area contributed by atoms with E-state index in [1.807, 2.05) is 41.5 Å². The molecule has 2 aliphatic rings. The van der Waals surface area contributed by atoms with E-state index in [0.717, 1.165) is 0 Å². The van der Waals surface area contributed by atoms with Crippen molar-refractivity contribution >= 4 is 5.82 Å². The van der Waals surface area contributed by atoms with Crippen LogP contribution in [-0.2, 0) is 18.9 Å². The molecule has 8 nitrogen and oxygen atoms in total. The summed E-state index contributed by atoms with van der Waals surface area (Å²) in [6, 6.07) is 0. The van der Waals surface area contributed by atoms with Crippen molar-refractivity contribution in [2.24, 2.45) is 0 Å². The number of aryl methyl sites for hydroxylation is 1. The lowest BCUT2D eigenvalue weighted by Crippen LogP contribution is -2.47. The van der Waals surface area contributed by atoms with Gasteiger partial charge >= 0.3 is 5.69 Å². The van der Waals surface area contributed by atoms with E-state index >= 15 is 0 Å². The Morgan fingerprint density at radius 3 is 2.59 bits per heavy atom. The Hall–Kier alpha value is -1.48. The third kappa shape index (κ3) is 4.34. The number of aromatic nitrogens is 2. The van der Waals surface area contributed by atoms with Gasteiger partial charge in [0, 0.05) is 11.8 Å². The van der Waals surface area contributed by atoms with E-state index in [1.54, 1.807) is 13.1 Å². The first-order valence-electron chi connectivity index (χ1n) is 9.65. The highest BCUT2D eigenvalue weighted by Gasteiger charge is 2.63. The molecule has 0 aliphatic carbocycles. The SMILES string of the molecule is CC.Cc1cn([C@@H]2O[C@@]3(COC(C)C)CO[C@@H]2[C@@H]3OC(C)C)c(=O)nc1N. The number of anilines is 1. The van der Waals surface area contributed by atoms with Crippen LogP contribution in [0.5, 0.6) is 0 Å². The van der Waals surface area contributed by atoms with Crippen LogP contribution >= 0.6 is 0 Å². The number of nitrogens with two attached hydrogens (primary N) is 1. The fourth-order valence-electron chi connectivity index (χ4n) is 3.28. The van der Waals surface area contributed by atoms with E-state index in [4.69, 9.17) is 24.7 Å². The molecule has 27 heavy (non-hydrogen) atoms. The van der Waals surface area contributed by atoms with Gasteiger partial charge in [0.1, 0.15) is 23.6 Å². The third-order valence-corrected chi connectivity index (χ3v) is 4.50. The monoisotopic (exact) mass is 383 g/mol. The van der Waals surface area contributed by atoms with Gasteiger partial charge in [-0.15, -0.1) is 0 Å². The summed E-state index contributed by atoms with van der Waals surface area (Å²) in [6.45, 7) is 14.4. The van der Waals surface area contributed by atoms with E-state index in [0.29, 0.717) is 18.8 Å². The number of hydrogen-bond acceptors (Lipinski definition) is 7. The van der Waals surface area contributed by atoms with Gasteiger partial charge in [0.15, 0.2) is 6.23 Å². The van der Waals surface area contributed by atoms with E-state index < -0.39 is 23.6 Å². The van der Waals surface area contributed by atoms with E-state index in [9.17, 15) is 4.79 Å². The molecule has 1 aromatic heterocycles. The molecule has 4 atom stereocenters. The average Bonchev–Trinajstić information content (AvgIpc) is 3.09. The van der Waals surface area contributed by atoms with E-state index in [-0.39, 0.29) is 24.1 Å². The molecule has 2 saturated heterocycles. The Kier molecular flexibility index (Phi) is 7.02. The second kappa shape index (κ2) is 8.68. The molecule has 2 fully saturated rings. The van der Waals surface area contributed by atoms with Gasteiger partial charge in [-0.1, -0.05) is 13.8 Å². The molecule has 3 heterocycles. The van der Waals surface area contributed by atoms with Crippen LogP contribution in [0.3, 0.4) is 0 Å². The number of rotatable bonds is 6. The third-order valence-electron chi connectivity index (χ3n) is 4.50. The minimum absolute atomic E-state index is 0.00187. The zero-order valence-corrected chi connectivity index (χ0v) is 17.4. The van der Waals surface area contributed by atoms with Gasteiger partial charge in [-0.05, 0) is 34.6 Å². The van der Waals surface area contributed by atoms with Crippen LogP contribution in [0, 0.1) is 6.92 Å². The molecule has 0 spiro atoms. The first kappa shape index (κ1) is 21.8. The van der Waals surface area contributed by atoms with Crippen LogP contribution in [-0.4, -0.2) is 52.8 Å². The number of ether oxygens (including phenoxy) is 4. The van der Waals surface area contributed by atoms with Crippen LogP contribution in [0.1, 0.15) is 53.3 Å². The number of nitrogen functional groups attached to an aromatic ring is 1. The van der Waals surface area contributed by atoms with Gasteiger partial charge in [-0.2, -0.15) is 4.98 Å². The molecule has 2 N–H and O–H groups in total. The zero-order chi connectivity index (χ0) is 20.4. The molecule has 3 rings (SSSR count). The van der Waals surface area contributed by atoms with Crippen molar-refractivity contribution in [3.05, 3.63) is 22.2 Å². The van der Waals surface area contributed by atoms with Gasteiger partial charge in [0.2, 0.25) is 0 Å². The predicted molar refractivity (Wildman–Crippen MR) is 103 cm³/mol. The summed E-state index contributed by atoms with van der Waals surface area (Å²) in [5, 5.41) is 0. The van der Waals surface area contributed by atoms with E-state index in [2.05, 4.69) is 4.98 Å². The van der Waals surface area contributed by atoms with Crippen molar-refractivity contribution in [2.45, 2.75) is 84.7 Å². The van der Waals surface area contributed by atoms with Crippen LogP contribution in [0.25, 0.3) is 0 Å². The smallest absolute Gasteiger partial charge is 0.351 e. The summed E-state index contributed by atoms with van der Waals surface area (Å²) in [5.41, 5.74) is 5.23. The normalized spacial score (nSPS) is 29.3. The summed E-state index contributed by atoms with van der Waals surface area (Å²) in [4.78, 5) is 16.2. The second-order valence-corrected chi connectivity index (χ2v) is 7.31. The molecule has 1 aromatic rings. The maximum absolute atomic E-state index is 12.3. The van der Waals surface area contributed by atoms with E-state index in [1.165, 1.54) is 4.57 Å². The Labute approximate surface area is 161 Å². The molecule has 0 saturated carbocycles. The summed E-state index contributed by atoms with van der Waals surface area (Å²) in [6.07, 6.45) is 0.370. The van der Waals surface area contributed by atoms with Crippen molar-refractivity contribution in [1.82, 2.24) is 9.55 Å². The highest BCUT2D eigenvalue weighted by molar-refractivity contribution is 5.35. The van der Waals surface area contributed by atoms with Crippen molar-refractivity contribution in [3.63, 3.8) is 0 Å². The van der Waals surface area contributed by atoms with Gasteiger partial charge in [-0.3, -0.25) is 4.57 Å². The minimum Gasteiger partial charge on any atom is -0.383 e. The van der Waals surface area contributed by atoms with Crippen LogP contribution < -0.4 is 11.4 Å². The van der Waals surface area contributed by atoms with Crippen molar-refractivity contribution in [2.75, 3.05) is 18.9 Å². The minimum atomic E-state index is -0.737. The summed E-state index contributed by atoms with van der Waals surface area (Å²) in [7, 11) is 0. The lowest BCUT2D eigenvalue weighted by atomic mass is 9.99. The molecule has 0 amide bonds. The van der Waals surface area contributed by atoms with Crippen LogP contribution in [0.15, 0.2) is 11.0 Å². The molecular weight excluding hydrogens is 350 g/mol. The average molecular weight is 383 g/mol. The molecule has 8 heteroatoms. The number of hydrogen-bond donors (Lipinski definition) is 1. The van der Waals surface area contributed by atoms with Crippen molar-refractivity contribution in [1.29, 1.82) is 0 Å². The first-order chi connectivity index (χ1) is 12.7. The number of nitrogens with zero attached hydrogens (tertiary/aromatic N) is 2. The highest BCUT2D eigenvalue weighted by atomic mass is 16.7. The molecule has 0 aromatic carbocycles. The Bertz CT molecular complexity index is 690. The van der Waals surface area contributed by atoms with Crippen LogP contribution in [0.4, 0.5) is 5.82 Å². The maximum Gasteiger partial charge on any atom is 0.351 e. The van der Waals surface area contributed by atoms with Crippen molar-refractivity contribution in [3.8, 4) is 0 Å². The fourth-order valence-corrected chi connectivity index (χ4v) is 3.28. The maximum atomic E-state index is 12.3. The van der Waals surface area contributed by atoms with Gasteiger partial charge in [0.25, 0.3) is 0 Å².